The predicted molar refractivity (Wildman–Crippen MR) is 98.5 cm³/mol. The van der Waals surface area contributed by atoms with Crippen molar-refractivity contribution in [1.82, 2.24) is 0 Å². The molecule has 134 valence electrons. The average Bonchev–Trinajstić information content (AvgIpc) is 2.55. The van der Waals surface area contributed by atoms with Crippen molar-refractivity contribution in [3.05, 3.63) is 59.7 Å². The first-order valence-electron chi connectivity index (χ1n) is 8.62. The normalized spacial score (nSPS) is 13.1. The van der Waals surface area contributed by atoms with Gasteiger partial charge in [0, 0.05) is 6.42 Å². The molecule has 0 bridgehead atoms. The third-order valence-electron chi connectivity index (χ3n) is 4.05. The SMILES string of the molecule is Cc1cccc(O[C@H](C)CCOc2ccc(C(C)CC(=O)O)cc2)c1. The van der Waals surface area contributed by atoms with E-state index in [9.17, 15) is 4.79 Å². The largest absolute Gasteiger partial charge is 0.493 e. The molecule has 0 spiro atoms. The molecule has 2 atom stereocenters. The van der Waals surface area contributed by atoms with Crippen LogP contribution in [0.4, 0.5) is 0 Å². The Bertz CT molecular complexity index is 679. The van der Waals surface area contributed by atoms with E-state index in [0.717, 1.165) is 23.5 Å². The van der Waals surface area contributed by atoms with Gasteiger partial charge in [-0.2, -0.15) is 0 Å². The Labute approximate surface area is 149 Å². The molecule has 0 saturated heterocycles. The number of aryl methyl sites for hydroxylation is 1. The molecule has 0 aliphatic heterocycles. The van der Waals surface area contributed by atoms with Gasteiger partial charge in [-0.05, 0) is 55.2 Å². The van der Waals surface area contributed by atoms with Gasteiger partial charge in [0.1, 0.15) is 11.5 Å². The minimum atomic E-state index is -0.782. The molecule has 1 N–H and O–H groups in total. The van der Waals surface area contributed by atoms with Gasteiger partial charge in [-0.1, -0.05) is 31.2 Å². The average molecular weight is 342 g/mol. The number of benzene rings is 2. The zero-order valence-electron chi connectivity index (χ0n) is 15.1. The summed E-state index contributed by atoms with van der Waals surface area (Å²) in [6.07, 6.45) is 0.982. The number of hydrogen-bond acceptors (Lipinski definition) is 3. The summed E-state index contributed by atoms with van der Waals surface area (Å²) in [5.74, 6) is 0.878. The summed E-state index contributed by atoms with van der Waals surface area (Å²) in [6.45, 7) is 6.55. The Morgan fingerprint density at radius 3 is 2.44 bits per heavy atom. The molecule has 0 radical (unpaired) electrons. The number of aliphatic carboxylic acids is 1. The molecule has 25 heavy (non-hydrogen) atoms. The summed E-state index contributed by atoms with van der Waals surface area (Å²) in [4.78, 5) is 10.8. The van der Waals surface area contributed by atoms with E-state index in [4.69, 9.17) is 14.6 Å². The minimum Gasteiger partial charge on any atom is -0.493 e. The van der Waals surface area contributed by atoms with Gasteiger partial charge in [0.15, 0.2) is 0 Å². The summed E-state index contributed by atoms with van der Waals surface area (Å²) in [5, 5.41) is 8.85. The van der Waals surface area contributed by atoms with Gasteiger partial charge in [-0.15, -0.1) is 0 Å². The van der Waals surface area contributed by atoms with Gasteiger partial charge in [0.05, 0.1) is 19.1 Å². The molecule has 0 amide bonds. The number of carboxylic acids is 1. The van der Waals surface area contributed by atoms with E-state index in [1.165, 1.54) is 5.56 Å². The van der Waals surface area contributed by atoms with Crippen molar-refractivity contribution >= 4 is 5.97 Å². The van der Waals surface area contributed by atoms with Crippen LogP contribution in [0.25, 0.3) is 0 Å². The topological polar surface area (TPSA) is 55.8 Å². The molecule has 2 aromatic rings. The van der Waals surface area contributed by atoms with Gasteiger partial charge >= 0.3 is 5.97 Å². The quantitative estimate of drug-likeness (QED) is 0.710. The van der Waals surface area contributed by atoms with E-state index in [1.807, 2.05) is 69.3 Å². The van der Waals surface area contributed by atoms with E-state index in [-0.39, 0.29) is 18.4 Å². The summed E-state index contributed by atoms with van der Waals surface area (Å²) in [5.41, 5.74) is 2.18. The molecule has 1 unspecified atom stereocenters. The number of ether oxygens (including phenoxy) is 2. The molecule has 0 saturated carbocycles. The second-order valence-corrected chi connectivity index (χ2v) is 6.45. The lowest BCUT2D eigenvalue weighted by molar-refractivity contribution is -0.137. The van der Waals surface area contributed by atoms with E-state index in [0.29, 0.717) is 6.61 Å². The van der Waals surface area contributed by atoms with E-state index < -0.39 is 5.97 Å². The number of carboxylic acid groups (broad SMARTS) is 1. The smallest absolute Gasteiger partial charge is 0.303 e. The first-order chi connectivity index (χ1) is 11.9. The lowest BCUT2D eigenvalue weighted by Crippen LogP contribution is -2.15. The number of carbonyl (C=O) groups is 1. The zero-order valence-corrected chi connectivity index (χ0v) is 15.1. The maximum Gasteiger partial charge on any atom is 0.303 e. The first kappa shape index (κ1) is 18.8. The van der Waals surface area contributed by atoms with Crippen molar-refractivity contribution in [3.63, 3.8) is 0 Å². The highest BCUT2D eigenvalue weighted by molar-refractivity contribution is 5.67. The third kappa shape index (κ3) is 6.49. The number of rotatable bonds is 9. The Morgan fingerprint density at radius 1 is 1.08 bits per heavy atom. The van der Waals surface area contributed by atoms with Crippen LogP contribution >= 0.6 is 0 Å². The highest BCUT2D eigenvalue weighted by atomic mass is 16.5. The lowest BCUT2D eigenvalue weighted by Gasteiger charge is -2.16. The van der Waals surface area contributed by atoms with Gasteiger partial charge in [-0.3, -0.25) is 4.79 Å². The molecule has 2 rings (SSSR count). The first-order valence-corrected chi connectivity index (χ1v) is 8.62. The van der Waals surface area contributed by atoms with Gasteiger partial charge in [-0.25, -0.2) is 0 Å². The second-order valence-electron chi connectivity index (χ2n) is 6.45. The van der Waals surface area contributed by atoms with Crippen LogP contribution in [0.2, 0.25) is 0 Å². The molecule has 0 aliphatic carbocycles. The van der Waals surface area contributed by atoms with Gasteiger partial charge in [0.2, 0.25) is 0 Å². The van der Waals surface area contributed by atoms with Crippen molar-refractivity contribution in [1.29, 1.82) is 0 Å². The van der Waals surface area contributed by atoms with E-state index in [1.54, 1.807) is 0 Å². The molecule has 4 nitrogen and oxygen atoms in total. The maximum absolute atomic E-state index is 10.8. The molecule has 0 aliphatic rings. The Morgan fingerprint density at radius 2 is 1.80 bits per heavy atom. The standard InChI is InChI=1S/C21H26O4/c1-15-5-4-6-20(13-15)25-17(3)11-12-24-19-9-7-18(8-10-19)16(2)14-21(22)23/h4-10,13,16-17H,11-12,14H2,1-3H3,(H,22,23)/t16?,17-/m1/s1. The summed E-state index contributed by atoms with van der Waals surface area (Å²) in [7, 11) is 0. The molecular formula is C21H26O4. The molecular weight excluding hydrogens is 316 g/mol. The molecule has 0 heterocycles. The fourth-order valence-electron chi connectivity index (χ4n) is 2.59. The Kier molecular flexibility index (Phi) is 6.87. The highest BCUT2D eigenvalue weighted by Crippen LogP contribution is 2.22. The fraction of sp³-hybridized carbons (Fsp3) is 0.381. The van der Waals surface area contributed by atoms with Gasteiger partial charge in [0.25, 0.3) is 0 Å². The predicted octanol–water partition coefficient (Wildman–Crippen LogP) is 4.81. The van der Waals surface area contributed by atoms with Crippen molar-refractivity contribution in [2.45, 2.75) is 45.6 Å². The van der Waals surface area contributed by atoms with Crippen LogP contribution in [-0.2, 0) is 4.79 Å². The molecule has 4 heteroatoms. The van der Waals surface area contributed by atoms with Crippen molar-refractivity contribution in [2.24, 2.45) is 0 Å². The highest BCUT2D eigenvalue weighted by Gasteiger charge is 2.10. The summed E-state index contributed by atoms with van der Waals surface area (Å²) < 4.78 is 11.6. The number of hydrogen-bond donors (Lipinski definition) is 1. The van der Waals surface area contributed by atoms with Crippen molar-refractivity contribution in [3.8, 4) is 11.5 Å². The molecule has 0 aromatic heterocycles. The van der Waals surface area contributed by atoms with Crippen LogP contribution < -0.4 is 9.47 Å². The van der Waals surface area contributed by atoms with Crippen molar-refractivity contribution < 1.29 is 19.4 Å². The second kappa shape index (κ2) is 9.11. The van der Waals surface area contributed by atoms with Crippen LogP contribution in [0.3, 0.4) is 0 Å². The lowest BCUT2D eigenvalue weighted by atomic mass is 9.98. The monoisotopic (exact) mass is 342 g/mol. The van der Waals surface area contributed by atoms with Crippen LogP contribution in [0, 0.1) is 6.92 Å². The zero-order chi connectivity index (χ0) is 18.2. The van der Waals surface area contributed by atoms with Crippen LogP contribution in [-0.4, -0.2) is 23.8 Å². The summed E-state index contributed by atoms with van der Waals surface area (Å²) >= 11 is 0. The van der Waals surface area contributed by atoms with Crippen molar-refractivity contribution in [2.75, 3.05) is 6.61 Å². The van der Waals surface area contributed by atoms with Crippen LogP contribution in [0.15, 0.2) is 48.5 Å². The molecule has 2 aromatic carbocycles. The summed E-state index contributed by atoms with van der Waals surface area (Å²) in [6, 6.07) is 15.6. The third-order valence-corrected chi connectivity index (χ3v) is 4.05. The minimum absolute atomic E-state index is 0.00528. The van der Waals surface area contributed by atoms with E-state index >= 15 is 0 Å². The van der Waals surface area contributed by atoms with Crippen LogP contribution in [0.1, 0.15) is 43.7 Å². The fourth-order valence-corrected chi connectivity index (χ4v) is 2.59. The Balaban J connectivity index is 1.76. The van der Waals surface area contributed by atoms with Crippen LogP contribution in [0.5, 0.6) is 11.5 Å². The maximum atomic E-state index is 10.8. The van der Waals surface area contributed by atoms with Gasteiger partial charge < -0.3 is 14.6 Å². The van der Waals surface area contributed by atoms with E-state index in [2.05, 4.69) is 0 Å². The molecule has 0 fully saturated rings. The Hall–Kier alpha value is -2.49.